The lowest BCUT2D eigenvalue weighted by Gasteiger charge is -2.36. The molecule has 3 N–H and O–H groups in total. The number of piperazine rings is 1. The van der Waals surface area contributed by atoms with Crippen LogP contribution in [0.2, 0.25) is 0 Å². The molecule has 3 amide bonds. The lowest BCUT2D eigenvalue weighted by molar-refractivity contribution is -0.153. The molecule has 0 spiro atoms. The number of pyridine rings is 1. The number of rotatable bonds is 12. The van der Waals surface area contributed by atoms with Gasteiger partial charge in [0.15, 0.2) is 6.10 Å². The number of nitrogens with two attached hydrogens (primary N) is 1. The number of nitrogens with zero attached hydrogens (tertiary/aromatic N) is 3. The Balaban J connectivity index is 2.17. The first-order valence-corrected chi connectivity index (χ1v) is 14.4. The van der Waals surface area contributed by atoms with Crippen LogP contribution in [0.5, 0.6) is 5.75 Å². The Bertz CT molecular complexity index is 1370. The topological polar surface area (TPSA) is 179 Å². The fourth-order valence-electron chi connectivity index (χ4n) is 4.97. The van der Waals surface area contributed by atoms with Gasteiger partial charge in [0.1, 0.15) is 11.3 Å². The van der Waals surface area contributed by atoms with Crippen molar-refractivity contribution in [2.75, 3.05) is 39.4 Å². The number of benzene rings is 1. The van der Waals surface area contributed by atoms with Crippen LogP contribution < -0.4 is 10.5 Å². The fraction of sp³-hybridized carbons (Fsp3) is 0.533. The van der Waals surface area contributed by atoms with Gasteiger partial charge in [0.05, 0.1) is 30.3 Å². The largest absolute Gasteiger partial charge is 0.481 e. The molecule has 0 saturated carbocycles. The van der Waals surface area contributed by atoms with Gasteiger partial charge >= 0.3 is 18.0 Å². The van der Waals surface area contributed by atoms with Crippen molar-refractivity contribution in [3.8, 4) is 5.75 Å². The molecule has 1 aliphatic rings. The van der Waals surface area contributed by atoms with Crippen LogP contribution in [0.15, 0.2) is 18.2 Å². The molecule has 0 aliphatic carbocycles. The Kier molecular flexibility index (Phi) is 11.3. The van der Waals surface area contributed by atoms with E-state index in [0.29, 0.717) is 10.9 Å². The predicted octanol–water partition coefficient (Wildman–Crippen LogP) is 2.86. The lowest BCUT2D eigenvalue weighted by atomic mass is 9.91. The van der Waals surface area contributed by atoms with Crippen molar-refractivity contribution in [1.82, 2.24) is 14.8 Å². The number of carboxylic acid groups (broad SMARTS) is 1. The first-order valence-electron chi connectivity index (χ1n) is 14.4. The van der Waals surface area contributed by atoms with Gasteiger partial charge in [-0.3, -0.25) is 19.4 Å². The third-order valence-corrected chi connectivity index (χ3v) is 7.13. The second kappa shape index (κ2) is 14.7. The summed E-state index contributed by atoms with van der Waals surface area (Å²) in [6.07, 6.45) is -2.16. The molecule has 0 radical (unpaired) electrons. The van der Waals surface area contributed by atoms with E-state index in [1.54, 1.807) is 45.9 Å². The van der Waals surface area contributed by atoms with Gasteiger partial charge in [-0.05, 0) is 44.9 Å². The molecular weight excluding hydrogens is 560 g/mol. The maximum atomic E-state index is 14.0. The minimum atomic E-state index is -1.18. The van der Waals surface area contributed by atoms with Crippen LogP contribution >= 0.6 is 0 Å². The second-order valence-electron chi connectivity index (χ2n) is 10.6. The molecule has 0 bridgehead atoms. The van der Waals surface area contributed by atoms with Crippen molar-refractivity contribution in [3.63, 3.8) is 0 Å². The van der Waals surface area contributed by atoms with E-state index < -0.39 is 48.3 Å². The molecule has 2 unspecified atom stereocenters. The van der Waals surface area contributed by atoms with Crippen LogP contribution in [-0.4, -0.2) is 95.2 Å². The van der Waals surface area contributed by atoms with Crippen LogP contribution in [0.25, 0.3) is 10.9 Å². The number of carbonyl (C=O) groups excluding carboxylic acids is 4. The molecule has 3 rings (SSSR count). The van der Waals surface area contributed by atoms with Crippen LogP contribution in [-0.2, 0) is 23.9 Å². The van der Waals surface area contributed by atoms with Gasteiger partial charge in [-0.2, -0.15) is 0 Å². The molecule has 1 aromatic heterocycles. The van der Waals surface area contributed by atoms with Crippen molar-refractivity contribution >= 4 is 40.7 Å². The highest BCUT2D eigenvalue weighted by atomic mass is 16.6. The highest BCUT2D eigenvalue weighted by Crippen LogP contribution is 2.38. The molecule has 13 heteroatoms. The maximum absolute atomic E-state index is 14.0. The summed E-state index contributed by atoms with van der Waals surface area (Å²) < 4.78 is 16.5. The molecule has 2 heterocycles. The van der Waals surface area contributed by atoms with Gasteiger partial charge in [0, 0.05) is 43.9 Å². The fourth-order valence-corrected chi connectivity index (χ4v) is 4.97. The monoisotopic (exact) mass is 600 g/mol. The molecule has 234 valence electrons. The Morgan fingerprint density at radius 2 is 1.63 bits per heavy atom. The van der Waals surface area contributed by atoms with Crippen molar-refractivity contribution in [2.45, 2.75) is 59.5 Å². The zero-order valence-electron chi connectivity index (χ0n) is 25.3. The standard InChI is InChI=1S/C30H40N4O9/c1-6-41-29(39)25(17(3)4)43-26-19-9-8-18(5)16-21(19)32-24(23(26)27(31)37)20(10-11-22(35)36)28(38)33-12-14-34(15-13-33)30(40)42-7-2/h8-9,16-17,20,25H,6-7,10-15H2,1-5H3,(H2,31,37)(H,35,36). The number of carbonyl (C=O) groups is 5. The molecule has 2 aromatic rings. The Morgan fingerprint density at radius 1 is 1.00 bits per heavy atom. The normalized spacial score (nSPS) is 14.7. The van der Waals surface area contributed by atoms with Crippen LogP contribution in [0, 0.1) is 12.8 Å². The summed E-state index contributed by atoms with van der Waals surface area (Å²) in [6, 6.07) is 5.21. The van der Waals surface area contributed by atoms with Crippen molar-refractivity contribution < 1.29 is 43.3 Å². The average Bonchev–Trinajstić information content (AvgIpc) is 2.95. The second-order valence-corrected chi connectivity index (χ2v) is 10.6. The van der Waals surface area contributed by atoms with Crippen LogP contribution in [0.1, 0.15) is 68.1 Å². The maximum Gasteiger partial charge on any atom is 0.409 e. The molecule has 1 saturated heterocycles. The molecule has 13 nitrogen and oxygen atoms in total. The molecule has 1 aromatic carbocycles. The van der Waals surface area contributed by atoms with E-state index >= 15 is 0 Å². The zero-order valence-corrected chi connectivity index (χ0v) is 25.3. The Hall–Kier alpha value is -4.42. The van der Waals surface area contributed by atoms with Crippen molar-refractivity contribution in [2.24, 2.45) is 11.7 Å². The zero-order chi connectivity index (χ0) is 31.8. The Morgan fingerprint density at radius 3 is 2.19 bits per heavy atom. The van der Waals surface area contributed by atoms with Crippen LogP contribution in [0.4, 0.5) is 4.79 Å². The quantitative estimate of drug-likeness (QED) is 0.344. The van der Waals surface area contributed by atoms with Gasteiger partial charge in [-0.25, -0.2) is 9.59 Å². The number of carboxylic acids is 1. The van der Waals surface area contributed by atoms with Gasteiger partial charge in [-0.15, -0.1) is 0 Å². The first-order chi connectivity index (χ1) is 20.4. The third-order valence-electron chi connectivity index (χ3n) is 7.13. The predicted molar refractivity (Wildman–Crippen MR) is 156 cm³/mol. The number of aryl methyl sites for hydroxylation is 1. The number of hydrogen-bond acceptors (Lipinski definition) is 9. The summed E-state index contributed by atoms with van der Waals surface area (Å²) in [4.78, 5) is 71.5. The van der Waals surface area contributed by atoms with E-state index in [-0.39, 0.29) is 68.7 Å². The SMILES string of the molecule is CCOC(=O)C(Oc1c(C(N)=O)c(C(CCC(=O)O)C(=O)N2CCN(C(=O)OCC)CC2)nc2cc(C)ccc12)C(C)C. The number of esters is 1. The number of fused-ring (bicyclic) bond motifs is 1. The number of aromatic nitrogens is 1. The minimum Gasteiger partial charge on any atom is -0.481 e. The summed E-state index contributed by atoms with van der Waals surface area (Å²) in [7, 11) is 0. The van der Waals surface area contributed by atoms with Gasteiger partial charge in [0.25, 0.3) is 5.91 Å². The van der Waals surface area contributed by atoms with E-state index in [2.05, 4.69) is 0 Å². The van der Waals surface area contributed by atoms with E-state index in [1.165, 1.54) is 9.80 Å². The van der Waals surface area contributed by atoms with Gasteiger partial charge < -0.3 is 34.9 Å². The molecular formula is C30H40N4O9. The van der Waals surface area contributed by atoms with Gasteiger partial charge in [-0.1, -0.05) is 19.9 Å². The van der Waals surface area contributed by atoms with Crippen LogP contribution in [0.3, 0.4) is 0 Å². The number of ether oxygens (including phenoxy) is 3. The van der Waals surface area contributed by atoms with Gasteiger partial charge in [0.2, 0.25) is 5.91 Å². The lowest BCUT2D eigenvalue weighted by Crippen LogP contribution is -2.52. The number of aliphatic carboxylic acids is 1. The number of primary amides is 1. The average molecular weight is 601 g/mol. The summed E-state index contributed by atoms with van der Waals surface area (Å²) in [5, 5.41) is 9.90. The van der Waals surface area contributed by atoms with Crippen molar-refractivity contribution in [3.05, 3.63) is 35.0 Å². The van der Waals surface area contributed by atoms with E-state index in [1.807, 2.05) is 6.92 Å². The Labute approximate surface area is 250 Å². The van der Waals surface area contributed by atoms with Crippen molar-refractivity contribution in [1.29, 1.82) is 0 Å². The summed E-state index contributed by atoms with van der Waals surface area (Å²) in [6.45, 7) is 9.83. The molecule has 2 atom stereocenters. The highest BCUT2D eigenvalue weighted by molar-refractivity contribution is 6.05. The first kappa shape index (κ1) is 33.1. The van der Waals surface area contributed by atoms with E-state index in [4.69, 9.17) is 24.9 Å². The molecule has 43 heavy (non-hydrogen) atoms. The highest BCUT2D eigenvalue weighted by Gasteiger charge is 2.37. The minimum absolute atomic E-state index is 0.0282. The van der Waals surface area contributed by atoms with E-state index in [0.717, 1.165) is 5.56 Å². The van der Waals surface area contributed by atoms with E-state index in [9.17, 15) is 29.1 Å². The summed E-state index contributed by atoms with van der Waals surface area (Å²) in [5.41, 5.74) is 6.86. The third kappa shape index (κ3) is 7.90. The smallest absolute Gasteiger partial charge is 0.409 e. The number of hydrogen-bond donors (Lipinski definition) is 2. The summed E-state index contributed by atoms with van der Waals surface area (Å²) in [5.74, 6) is -4.77. The molecule has 1 fully saturated rings. The number of amides is 3. The molecule has 1 aliphatic heterocycles. The summed E-state index contributed by atoms with van der Waals surface area (Å²) >= 11 is 0.